The molecule has 4 aliphatic heterocycles. The monoisotopic (exact) mass is 586 g/mol. The van der Waals surface area contributed by atoms with Gasteiger partial charge in [0, 0.05) is 34.0 Å². The van der Waals surface area contributed by atoms with Crippen molar-refractivity contribution in [1.82, 2.24) is 0 Å². The molecular formula is C34H52O4P2. The predicted molar refractivity (Wildman–Crippen MR) is 161 cm³/mol. The Morgan fingerprint density at radius 1 is 0.325 bits per heavy atom. The fraction of sp³-hybridized carbons (Fsp3) is 1.00. The first-order valence-corrected chi connectivity index (χ1v) is 21.1. The molecule has 0 amide bonds. The molecule has 10 aliphatic rings. The highest BCUT2D eigenvalue weighted by Crippen LogP contribution is 2.72. The lowest BCUT2D eigenvalue weighted by molar-refractivity contribution is -0.145. The molecule has 4 nitrogen and oxygen atoms in total. The minimum atomic E-state index is 0.0222. The van der Waals surface area contributed by atoms with Gasteiger partial charge in [-0.25, -0.2) is 0 Å². The highest BCUT2D eigenvalue weighted by Gasteiger charge is 2.62. The Morgan fingerprint density at radius 2 is 0.700 bits per heavy atom. The molecule has 4 saturated heterocycles. The molecule has 6 aliphatic carbocycles. The van der Waals surface area contributed by atoms with E-state index in [4.69, 9.17) is 18.9 Å². The fourth-order valence-corrected chi connectivity index (χ4v) is 22.2. The lowest BCUT2D eigenvalue weighted by Gasteiger charge is -2.65. The van der Waals surface area contributed by atoms with Crippen molar-refractivity contribution in [3.8, 4) is 0 Å². The zero-order valence-electron chi connectivity index (χ0n) is 24.5. The summed E-state index contributed by atoms with van der Waals surface area (Å²) >= 11 is 0. The highest BCUT2D eigenvalue weighted by atomic mass is 31.1. The summed E-state index contributed by atoms with van der Waals surface area (Å²) < 4.78 is 28.3. The van der Waals surface area contributed by atoms with Crippen LogP contribution in [0.5, 0.6) is 0 Å². The van der Waals surface area contributed by atoms with Crippen molar-refractivity contribution in [2.75, 3.05) is 0 Å². The van der Waals surface area contributed by atoms with E-state index < -0.39 is 0 Å². The van der Waals surface area contributed by atoms with Crippen molar-refractivity contribution < 1.29 is 18.9 Å². The second-order valence-corrected chi connectivity index (χ2v) is 21.5. The zero-order chi connectivity index (χ0) is 25.9. The molecular weight excluding hydrogens is 534 g/mol. The molecule has 0 spiro atoms. The Bertz CT molecular complexity index is 906. The van der Waals surface area contributed by atoms with E-state index >= 15 is 0 Å². The average molecular weight is 587 g/mol. The molecule has 10 rings (SSSR count). The van der Waals surface area contributed by atoms with Gasteiger partial charge in [-0.15, -0.1) is 0 Å². The smallest absolute Gasteiger partial charge is 0.0671 e. The largest absolute Gasteiger partial charge is 0.374 e. The number of ether oxygens (including phenoxy) is 4. The molecule has 16 atom stereocenters. The number of rotatable bonds is 0. The van der Waals surface area contributed by atoms with Crippen LogP contribution in [0.1, 0.15) is 116 Å². The Hall–Kier alpha value is 0.700. The third-order valence-corrected chi connectivity index (χ3v) is 22.2. The van der Waals surface area contributed by atoms with Crippen LogP contribution in [0.15, 0.2) is 0 Å². The normalized spacial score (nSPS) is 61.8. The Kier molecular flexibility index (Phi) is 6.56. The molecule has 6 heteroatoms. The third kappa shape index (κ3) is 3.90. The van der Waals surface area contributed by atoms with Crippen LogP contribution >= 0.6 is 15.8 Å². The summed E-state index contributed by atoms with van der Waals surface area (Å²) in [4.78, 5) is 0. The van der Waals surface area contributed by atoms with Crippen LogP contribution in [-0.2, 0) is 18.9 Å². The Balaban J connectivity index is 0.960. The van der Waals surface area contributed by atoms with E-state index in [-0.39, 0.29) is 15.8 Å². The second-order valence-electron chi connectivity index (χ2n) is 15.9. The summed E-state index contributed by atoms with van der Waals surface area (Å²) in [6.07, 6.45) is 29.3. The van der Waals surface area contributed by atoms with Gasteiger partial charge in [-0.1, -0.05) is 41.5 Å². The van der Waals surface area contributed by atoms with Gasteiger partial charge >= 0.3 is 0 Å². The molecule has 0 aromatic carbocycles. The quantitative estimate of drug-likeness (QED) is 0.275. The van der Waals surface area contributed by atoms with Crippen molar-refractivity contribution in [2.45, 2.75) is 198 Å². The second kappa shape index (κ2) is 10.1. The molecule has 0 N–H and O–H groups in total. The number of fused-ring (bicyclic) bond motifs is 9. The lowest BCUT2D eigenvalue weighted by atomic mass is 9.68. The molecule has 0 radical (unpaired) electrons. The predicted octanol–water partition coefficient (Wildman–Crippen LogP) is 7.57. The summed E-state index contributed by atoms with van der Waals surface area (Å²) in [6.45, 7) is 0. The maximum atomic E-state index is 7.20. The van der Waals surface area contributed by atoms with E-state index in [1.165, 1.54) is 116 Å². The van der Waals surface area contributed by atoms with E-state index in [1.54, 1.807) is 0 Å². The average Bonchev–Trinajstić information content (AvgIpc) is 2.99. The number of hydrogen-bond donors (Lipinski definition) is 0. The van der Waals surface area contributed by atoms with Gasteiger partial charge < -0.3 is 18.9 Å². The molecule has 10 fully saturated rings. The van der Waals surface area contributed by atoms with Crippen molar-refractivity contribution in [3.63, 3.8) is 0 Å². The van der Waals surface area contributed by atoms with Gasteiger partial charge in [-0.3, -0.25) is 0 Å². The number of hydrogen-bond acceptors (Lipinski definition) is 4. The molecule has 40 heavy (non-hydrogen) atoms. The first-order valence-electron chi connectivity index (χ1n) is 18.0. The first kappa shape index (κ1) is 26.0. The van der Waals surface area contributed by atoms with Crippen LogP contribution in [0.4, 0.5) is 0 Å². The van der Waals surface area contributed by atoms with Crippen molar-refractivity contribution in [3.05, 3.63) is 0 Å². The highest BCUT2D eigenvalue weighted by molar-refractivity contribution is 7.60. The zero-order valence-corrected chi connectivity index (χ0v) is 26.3. The molecule has 222 valence electrons. The summed E-state index contributed by atoms with van der Waals surface area (Å²) in [5, 5.41) is 0. The minimum Gasteiger partial charge on any atom is -0.374 e. The van der Waals surface area contributed by atoms with Crippen LogP contribution in [0.3, 0.4) is 0 Å². The molecule has 0 aromatic heterocycles. The molecule has 0 aromatic rings. The van der Waals surface area contributed by atoms with E-state index in [0.717, 1.165) is 45.8 Å². The van der Waals surface area contributed by atoms with Crippen LogP contribution in [0.2, 0.25) is 0 Å². The van der Waals surface area contributed by atoms with E-state index in [1.807, 2.05) is 0 Å². The topological polar surface area (TPSA) is 36.9 Å². The standard InChI is InChI=1S/C34H52O4P2/c1-3-13-29-21(7-1)35-23-9-5-11-25-33(23)39(29)31-17-20-18-32-28(16-19(20)15-27(31)37-25)38-26-12-6-10-24-34(26)40(32)30-14-4-2-8-22(30)36-24/h19-34H,1-18H2. The molecule has 16 unspecified atom stereocenters. The molecule has 4 heterocycles. The van der Waals surface area contributed by atoms with Crippen molar-refractivity contribution in [1.29, 1.82) is 0 Å². The fourth-order valence-electron chi connectivity index (χ4n) is 12.7. The van der Waals surface area contributed by atoms with E-state index in [0.29, 0.717) is 48.8 Å². The summed E-state index contributed by atoms with van der Waals surface area (Å²) in [6, 6.07) is 0. The summed E-state index contributed by atoms with van der Waals surface area (Å²) in [7, 11) is 0.0444. The summed E-state index contributed by atoms with van der Waals surface area (Å²) in [5.41, 5.74) is 5.05. The third-order valence-electron chi connectivity index (χ3n) is 14.1. The van der Waals surface area contributed by atoms with Crippen LogP contribution in [0, 0.1) is 11.8 Å². The van der Waals surface area contributed by atoms with Gasteiger partial charge in [0.2, 0.25) is 0 Å². The van der Waals surface area contributed by atoms with Gasteiger partial charge in [0.15, 0.2) is 0 Å². The SMILES string of the molecule is C1CCC2C(C1)OC1CCCC3OC4CC5CC6OC7CCCC8OC9CCCCC9P(C6CC5CC4P2C13)C87. The van der Waals surface area contributed by atoms with Crippen LogP contribution in [-0.4, -0.2) is 82.8 Å². The first-order chi connectivity index (χ1) is 19.8. The van der Waals surface area contributed by atoms with Crippen molar-refractivity contribution >= 4 is 15.8 Å². The van der Waals surface area contributed by atoms with Crippen molar-refractivity contribution in [2.24, 2.45) is 11.8 Å². The lowest BCUT2D eigenvalue weighted by Crippen LogP contribution is -2.63. The van der Waals surface area contributed by atoms with Crippen LogP contribution < -0.4 is 0 Å². The van der Waals surface area contributed by atoms with Gasteiger partial charge in [0.25, 0.3) is 0 Å². The maximum Gasteiger partial charge on any atom is 0.0671 e. The molecule has 0 bridgehead atoms. The van der Waals surface area contributed by atoms with Gasteiger partial charge in [-0.05, 0) is 102 Å². The van der Waals surface area contributed by atoms with Gasteiger partial charge in [0.1, 0.15) is 0 Å². The van der Waals surface area contributed by atoms with Gasteiger partial charge in [0.05, 0.1) is 48.8 Å². The minimum absolute atomic E-state index is 0.0222. The Labute approximate surface area is 244 Å². The van der Waals surface area contributed by atoms with E-state index in [9.17, 15) is 0 Å². The maximum absolute atomic E-state index is 7.20. The van der Waals surface area contributed by atoms with Gasteiger partial charge in [-0.2, -0.15) is 0 Å². The molecule has 6 saturated carbocycles. The summed E-state index contributed by atoms with van der Waals surface area (Å²) in [5.74, 6) is 1.79. The Morgan fingerprint density at radius 3 is 1.18 bits per heavy atom. The van der Waals surface area contributed by atoms with E-state index in [2.05, 4.69) is 0 Å². The van der Waals surface area contributed by atoms with Crippen LogP contribution in [0.25, 0.3) is 0 Å².